The third-order valence-corrected chi connectivity index (χ3v) is 2.85. The third-order valence-electron chi connectivity index (χ3n) is 1.82. The van der Waals surface area contributed by atoms with Gasteiger partial charge in [-0.2, -0.15) is 0 Å². The molecule has 0 amide bonds. The van der Waals surface area contributed by atoms with Crippen LogP contribution in [-0.4, -0.2) is 9.49 Å². The van der Waals surface area contributed by atoms with Crippen molar-refractivity contribution in [3.8, 4) is 5.00 Å². The minimum absolute atomic E-state index is 0.0285. The quantitative estimate of drug-likeness (QED) is 0.575. The van der Waals surface area contributed by atoms with Crippen molar-refractivity contribution in [1.82, 2.24) is 4.57 Å². The van der Waals surface area contributed by atoms with E-state index in [1.54, 1.807) is 24.4 Å². The van der Waals surface area contributed by atoms with E-state index >= 15 is 0 Å². The number of hydrogen-bond donors (Lipinski definition) is 0. The minimum Gasteiger partial charge on any atom is -0.275 e. The van der Waals surface area contributed by atoms with Gasteiger partial charge in [-0.3, -0.25) is 19.5 Å². The van der Waals surface area contributed by atoms with E-state index < -0.39 is 4.92 Å². The summed E-state index contributed by atoms with van der Waals surface area (Å²) in [6.07, 6.45) is 1.58. The van der Waals surface area contributed by atoms with Gasteiger partial charge >= 0.3 is 5.00 Å². The highest BCUT2D eigenvalue weighted by molar-refractivity contribution is 7.17. The van der Waals surface area contributed by atoms with E-state index in [0.29, 0.717) is 5.00 Å². The van der Waals surface area contributed by atoms with Gasteiger partial charge in [0.1, 0.15) is 5.00 Å². The number of aromatic nitrogens is 1. The van der Waals surface area contributed by atoms with Crippen LogP contribution in [0.5, 0.6) is 0 Å². The summed E-state index contributed by atoms with van der Waals surface area (Å²) in [4.78, 5) is 21.4. The lowest BCUT2D eigenvalue weighted by molar-refractivity contribution is -0.380. The lowest BCUT2D eigenvalue weighted by Gasteiger charge is -1.98. The molecule has 2 heterocycles. The maximum Gasteiger partial charge on any atom is 0.326 e. The predicted octanol–water partition coefficient (Wildman–Crippen LogP) is 1.81. The van der Waals surface area contributed by atoms with Crippen LogP contribution in [0.2, 0.25) is 0 Å². The maximum atomic E-state index is 11.4. The molecule has 0 bridgehead atoms. The Morgan fingerprint density at radius 2 is 2.07 bits per heavy atom. The molecule has 0 aromatic carbocycles. The Morgan fingerprint density at radius 3 is 2.67 bits per heavy atom. The molecule has 0 spiro atoms. The number of hydrogen-bond acceptors (Lipinski definition) is 4. The van der Waals surface area contributed by atoms with Crippen molar-refractivity contribution >= 4 is 16.3 Å². The molecule has 76 valence electrons. The summed E-state index contributed by atoms with van der Waals surface area (Å²) < 4.78 is 1.37. The van der Waals surface area contributed by atoms with Gasteiger partial charge in [0.2, 0.25) is 0 Å². The van der Waals surface area contributed by atoms with Crippen LogP contribution < -0.4 is 5.56 Å². The highest BCUT2D eigenvalue weighted by Crippen LogP contribution is 2.25. The summed E-state index contributed by atoms with van der Waals surface area (Å²) in [6.45, 7) is 0. The topological polar surface area (TPSA) is 65.1 Å². The molecular formula is C9H6N2O3S. The lowest BCUT2D eigenvalue weighted by atomic mass is 10.5. The summed E-state index contributed by atoms with van der Waals surface area (Å²) in [6, 6.07) is 7.68. The zero-order chi connectivity index (χ0) is 10.8. The standard InChI is InChI=1S/C9H6N2O3S/c12-7-3-1-2-6-10(7)8-4-5-9(15-8)11(13)14/h1-6H. The Kier molecular flexibility index (Phi) is 2.34. The minimum atomic E-state index is -0.470. The Labute approximate surface area is 88.4 Å². The van der Waals surface area contributed by atoms with Crippen LogP contribution in [0, 0.1) is 10.1 Å². The molecule has 2 rings (SSSR count). The summed E-state index contributed by atoms with van der Waals surface area (Å²) in [5.41, 5.74) is -0.200. The molecule has 0 saturated carbocycles. The van der Waals surface area contributed by atoms with Crippen molar-refractivity contribution in [3.63, 3.8) is 0 Å². The van der Waals surface area contributed by atoms with E-state index in [-0.39, 0.29) is 10.6 Å². The molecule has 0 aliphatic carbocycles. The molecule has 0 fully saturated rings. The maximum absolute atomic E-state index is 11.4. The second-order valence-electron chi connectivity index (χ2n) is 2.78. The Bertz CT molecular complexity index is 558. The summed E-state index contributed by atoms with van der Waals surface area (Å²) >= 11 is 0.972. The first-order valence-corrected chi connectivity index (χ1v) is 4.92. The molecule has 0 saturated heterocycles. The first-order chi connectivity index (χ1) is 7.18. The number of pyridine rings is 1. The zero-order valence-corrected chi connectivity index (χ0v) is 8.31. The number of nitro groups is 1. The van der Waals surface area contributed by atoms with Gasteiger partial charge in [0.05, 0.1) is 4.92 Å². The average molecular weight is 222 g/mol. The second-order valence-corrected chi connectivity index (χ2v) is 3.82. The molecule has 0 N–H and O–H groups in total. The van der Waals surface area contributed by atoms with Crippen molar-refractivity contribution < 1.29 is 4.92 Å². The molecule has 0 unspecified atom stereocenters. The van der Waals surface area contributed by atoms with Crippen LogP contribution in [0.3, 0.4) is 0 Å². The van der Waals surface area contributed by atoms with Crippen molar-refractivity contribution in [3.05, 3.63) is 57.0 Å². The SMILES string of the molecule is O=c1ccccn1-c1ccc([N+](=O)[O-])s1. The first-order valence-electron chi connectivity index (χ1n) is 4.11. The van der Waals surface area contributed by atoms with E-state index in [1.807, 2.05) is 0 Å². The number of thiophene rings is 1. The van der Waals surface area contributed by atoms with Gasteiger partial charge in [0.15, 0.2) is 0 Å². The largest absolute Gasteiger partial charge is 0.326 e. The van der Waals surface area contributed by atoms with Crippen LogP contribution in [0.25, 0.3) is 5.00 Å². The van der Waals surface area contributed by atoms with Gasteiger partial charge in [-0.05, 0) is 23.5 Å². The number of nitrogens with zero attached hydrogens (tertiary/aromatic N) is 2. The highest BCUT2D eigenvalue weighted by atomic mass is 32.1. The van der Waals surface area contributed by atoms with E-state index in [0.717, 1.165) is 11.3 Å². The van der Waals surface area contributed by atoms with E-state index in [1.165, 1.54) is 16.7 Å². The van der Waals surface area contributed by atoms with Crippen molar-refractivity contribution in [2.75, 3.05) is 0 Å². The van der Waals surface area contributed by atoms with Crippen LogP contribution in [-0.2, 0) is 0 Å². The fourth-order valence-electron chi connectivity index (χ4n) is 1.15. The smallest absolute Gasteiger partial charge is 0.275 e. The van der Waals surface area contributed by atoms with Gasteiger partial charge in [-0.15, -0.1) is 0 Å². The van der Waals surface area contributed by atoms with Gasteiger partial charge < -0.3 is 0 Å². The lowest BCUT2D eigenvalue weighted by Crippen LogP contribution is -2.13. The molecule has 0 aliphatic heterocycles. The highest BCUT2D eigenvalue weighted by Gasteiger charge is 2.10. The van der Waals surface area contributed by atoms with Crippen molar-refractivity contribution in [2.24, 2.45) is 0 Å². The molecule has 0 radical (unpaired) electrons. The monoisotopic (exact) mass is 222 g/mol. The molecule has 5 nitrogen and oxygen atoms in total. The third kappa shape index (κ3) is 1.79. The van der Waals surface area contributed by atoms with E-state index in [9.17, 15) is 14.9 Å². The molecular weight excluding hydrogens is 216 g/mol. The fourth-order valence-corrected chi connectivity index (χ4v) is 1.96. The van der Waals surface area contributed by atoms with Gasteiger partial charge in [-0.1, -0.05) is 6.07 Å². The Hall–Kier alpha value is -1.95. The molecule has 0 atom stereocenters. The van der Waals surface area contributed by atoms with Gasteiger partial charge in [-0.25, -0.2) is 0 Å². The van der Waals surface area contributed by atoms with Crippen LogP contribution in [0.1, 0.15) is 0 Å². The van der Waals surface area contributed by atoms with Crippen molar-refractivity contribution in [2.45, 2.75) is 0 Å². The molecule has 6 heteroatoms. The Morgan fingerprint density at radius 1 is 1.27 bits per heavy atom. The van der Waals surface area contributed by atoms with E-state index in [4.69, 9.17) is 0 Å². The predicted molar refractivity (Wildman–Crippen MR) is 56.6 cm³/mol. The molecule has 15 heavy (non-hydrogen) atoms. The second kappa shape index (κ2) is 3.66. The Balaban J connectivity index is 2.51. The first kappa shape index (κ1) is 9.60. The van der Waals surface area contributed by atoms with Crippen LogP contribution in [0.4, 0.5) is 5.00 Å². The average Bonchev–Trinajstić information content (AvgIpc) is 2.67. The van der Waals surface area contributed by atoms with Crippen LogP contribution in [0.15, 0.2) is 41.3 Å². The summed E-state index contributed by atoms with van der Waals surface area (Å²) in [5.74, 6) is 0. The zero-order valence-electron chi connectivity index (χ0n) is 7.49. The van der Waals surface area contributed by atoms with Gasteiger partial charge in [0.25, 0.3) is 5.56 Å². The molecule has 2 aromatic rings. The number of rotatable bonds is 2. The van der Waals surface area contributed by atoms with Crippen molar-refractivity contribution in [1.29, 1.82) is 0 Å². The van der Waals surface area contributed by atoms with Gasteiger partial charge in [0, 0.05) is 18.3 Å². The fraction of sp³-hybridized carbons (Fsp3) is 0. The summed E-state index contributed by atoms with van der Waals surface area (Å²) in [5, 5.41) is 11.0. The normalized spacial score (nSPS) is 10.1. The summed E-state index contributed by atoms with van der Waals surface area (Å²) in [7, 11) is 0. The molecule has 0 aliphatic rings. The van der Waals surface area contributed by atoms with E-state index in [2.05, 4.69) is 0 Å². The van der Waals surface area contributed by atoms with Crippen LogP contribution >= 0.6 is 11.3 Å². The molecule has 2 aromatic heterocycles.